The van der Waals surface area contributed by atoms with Crippen molar-refractivity contribution in [2.24, 2.45) is 0 Å². The first-order valence-electron chi connectivity index (χ1n) is 8.52. The Balaban J connectivity index is 1.31. The molecule has 2 aromatic carbocycles. The lowest BCUT2D eigenvalue weighted by Gasteiger charge is -2.06. The molecule has 6 heteroatoms. The maximum absolute atomic E-state index is 12.1. The maximum Gasteiger partial charge on any atom is 0.253 e. The van der Waals surface area contributed by atoms with Crippen molar-refractivity contribution in [2.75, 3.05) is 0 Å². The van der Waals surface area contributed by atoms with E-state index in [1.807, 2.05) is 18.2 Å². The Bertz CT molecular complexity index is 1010. The molecule has 1 amide bonds. The van der Waals surface area contributed by atoms with E-state index in [1.165, 1.54) is 10.3 Å². The molecule has 4 aromatic rings. The number of hydrogen-bond donors (Lipinski definition) is 1. The van der Waals surface area contributed by atoms with Crippen molar-refractivity contribution in [3.63, 3.8) is 0 Å². The summed E-state index contributed by atoms with van der Waals surface area (Å²) in [6.07, 6.45) is 3.22. The highest BCUT2D eigenvalue weighted by atomic mass is 32.2. The zero-order valence-electron chi connectivity index (χ0n) is 14.5. The van der Waals surface area contributed by atoms with E-state index >= 15 is 0 Å². The van der Waals surface area contributed by atoms with Crippen LogP contribution in [0.15, 0.2) is 77.4 Å². The van der Waals surface area contributed by atoms with Crippen molar-refractivity contribution >= 4 is 39.2 Å². The first-order valence-corrected chi connectivity index (χ1v) is 10.3. The number of nitrogens with zero attached hydrogens (tertiary/aromatic N) is 2. The molecule has 4 nitrogen and oxygen atoms in total. The molecule has 0 bridgehead atoms. The Labute approximate surface area is 165 Å². The maximum atomic E-state index is 12.1. The van der Waals surface area contributed by atoms with E-state index in [2.05, 4.69) is 45.6 Å². The Morgan fingerprint density at radius 2 is 1.81 bits per heavy atom. The number of rotatable bonds is 6. The van der Waals surface area contributed by atoms with E-state index in [9.17, 15) is 4.79 Å². The number of nitrogens with one attached hydrogen (secondary N) is 1. The highest BCUT2D eigenvalue weighted by Crippen LogP contribution is 2.31. The number of hydrogen-bond acceptors (Lipinski definition) is 5. The van der Waals surface area contributed by atoms with Crippen LogP contribution < -0.4 is 5.32 Å². The molecule has 0 unspecified atom stereocenters. The number of amides is 1. The summed E-state index contributed by atoms with van der Waals surface area (Å²) < 4.78 is 2.31. The standard InChI is InChI=1S/C21H17N3OS2/c25-20(17-4-3-11-22-13-17)23-12-15-7-9-16(10-8-15)14-26-21-24-18-5-1-2-6-19(18)27-21/h1-11,13H,12,14H2,(H,23,25). The normalized spacial score (nSPS) is 10.8. The smallest absolute Gasteiger partial charge is 0.253 e. The van der Waals surface area contributed by atoms with Crippen LogP contribution in [0.1, 0.15) is 21.5 Å². The lowest BCUT2D eigenvalue weighted by atomic mass is 10.1. The molecule has 0 aliphatic rings. The third kappa shape index (κ3) is 4.53. The fourth-order valence-electron chi connectivity index (χ4n) is 2.59. The van der Waals surface area contributed by atoms with Crippen LogP contribution in [0.2, 0.25) is 0 Å². The van der Waals surface area contributed by atoms with Crippen molar-refractivity contribution in [3.05, 3.63) is 89.7 Å². The monoisotopic (exact) mass is 391 g/mol. The number of thiazole rings is 1. The van der Waals surface area contributed by atoms with E-state index < -0.39 is 0 Å². The van der Waals surface area contributed by atoms with Gasteiger partial charge in [0, 0.05) is 24.7 Å². The van der Waals surface area contributed by atoms with Crippen LogP contribution in [-0.4, -0.2) is 15.9 Å². The van der Waals surface area contributed by atoms with Gasteiger partial charge in [0.1, 0.15) is 0 Å². The van der Waals surface area contributed by atoms with Crippen LogP contribution in [0, 0.1) is 0 Å². The third-order valence-electron chi connectivity index (χ3n) is 4.04. The van der Waals surface area contributed by atoms with Crippen LogP contribution in [0.4, 0.5) is 0 Å². The lowest BCUT2D eigenvalue weighted by Crippen LogP contribution is -2.22. The Kier molecular flexibility index (Phi) is 5.46. The fraction of sp³-hybridized carbons (Fsp3) is 0.0952. The van der Waals surface area contributed by atoms with Gasteiger partial charge in [-0.1, -0.05) is 48.2 Å². The van der Waals surface area contributed by atoms with E-state index in [0.717, 1.165) is 21.2 Å². The molecule has 0 aliphatic carbocycles. The zero-order valence-corrected chi connectivity index (χ0v) is 16.1. The van der Waals surface area contributed by atoms with Crippen molar-refractivity contribution in [1.82, 2.24) is 15.3 Å². The predicted molar refractivity (Wildman–Crippen MR) is 111 cm³/mol. The van der Waals surface area contributed by atoms with E-state index in [-0.39, 0.29) is 5.91 Å². The van der Waals surface area contributed by atoms with Crippen molar-refractivity contribution in [2.45, 2.75) is 16.6 Å². The van der Waals surface area contributed by atoms with Gasteiger partial charge in [-0.3, -0.25) is 9.78 Å². The largest absolute Gasteiger partial charge is 0.348 e. The average Bonchev–Trinajstić information content (AvgIpc) is 3.15. The van der Waals surface area contributed by atoms with E-state index in [1.54, 1.807) is 47.6 Å². The number of benzene rings is 2. The predicted octanol–water partition coefficient (Wildman–Crippen LogP) is 4.91. The van der Waals surface area contributed by atoms with Crippen LogP contribution in [0.3, 0.4) is 0 Å². The molecule has 0 saturated carbocycles. The second kappa shape index (κ2) is 8.33. The van der Waals surface area contributed by atoms with Crippen molar-refractivity contribution < 1.29 is 4.79 Å². The summed E-state index contributed by atoms with van der Waals surface area (Å²) in [7, 11) is 0. The number of thioether (sulfide) groups is 1. The number of para-hydroxylation sites is 1. The van der Waals surface area contributed by atoms with Crippen LogP contribution in [0.25, 0.3) is 10.2 Å². The van der Waals surface area contributed by atoms with Gasteiger partial charge in [-0.05, 0) is 35.4 Å². The highest BCUT2D eigenvalue weighted by Gasteiger charge is 2.06. The summed E-state index contributed by atoms with van der Waals surface area (Å²) in [5.41, 5.74) is 3.94. The van der Waals surface area contributed by atoms with Gasteiger partial charge in [-0.2, -0.15) is 0 Å². The first-order chi connectivity index (χ1) is 13.3. The quantitative estimate of drug-likeness (QED) is 0.474. The highest BCUT2D eigenvalue weighted by molar-refractivity contribution is 8.00. The van der Waals surface area contributed by atoms with Gasteiger partial charge < -0.3 is 5.32 Å². The van der Waals surface area contributed by atoms with Crippen LogP contribution in [-0.2, 0) is 12.3 Å². The summed E-state index contributed by atoms with van der Waals surface area (Å²) in [4.78, 5) is 20.7. The number of carbonyl (C=O) groups is 1. The van der Waals surface area contributed by atoms with Crippen LogP contribution in [0.5, 0.6) is 0 Å². The summed E-state index contributed by atoms with van der Waals surface area (Å²) in [5.74, 6) is 0.765. The Morgan fingerprint density at radius 1 is 1.00 bits per heavy atom. The average molecular weight is 392 g/mol. The molecule has 4 rings (SSSR count). The topological polar surface area (TPSA) is 54.9 Å². The van der Waals surface area contributed by atoms with E-state index in [0.29, 0.717) is 12.1 Å². The zero-order chi connectivity index (χ0) is 18.5. The van der Waals surface area contributed by atoms with Gasteiger partial charge in [0.05, 0.1) is 15.8 Å². The summed E-state index contributed by atoms with van der Waals surface area (Å²) >= 11 is 3.48. The molecule has 2 heterocycles. The number of pyridine rings is 1. The second-order valence-electron chi connectivity index (χ2n) is 5.98. The molecule has 0 fully saturated rings. The molecule has 27 heavy (non-hydrogen) atoms. The van der Waals surface area contributed by atoms with Gasteiger partial charge >= 0.3 is 0 Å². The Morgan fingerprint density at radius 3 is 2.59 bits per heavy atom. The third-order valence-corrected chi connectivity index (χ3v) is 6.29. The molecule has 0 aliphatic heterocycles. The van der Waals surface area contributed by atoms with Gasteiger partial charge in [0.25, 0.3) is 5.91 Å². The van der Waals surface area contributed by atoms with Gasteiger partial charge in [-0.15, -0.1) is 11.3 Å². The molecule has 0 saturated heterocycles. The fourth-order valence-corrected chi connectivity index (χ4v) is 4.62. The van der Waals surface area contributed by atoms with Crippen LogP contribution >= 0.6 is 23.1 Å². The summed E-state index contributed by atoms with van der Waals surface area (Å²) in [6, 6.07) is 20.0. The number of carbonyl (C=O) groups excluding carboxylic acids is 1. The molecule has 0 atom stereocenters. The molecule has 134 valence electrons. The SMILES string of the molecule is O=C(NCc1ccc(CSc2nc3ccccc3s2)cc1)c1cccnc1. The lowest BCUT2D eigenvalue weighted by molar-refractivity contribution is 0.0950. The summed E-state index contributed by atoms with van der Waals surface area (Å²) in [6.45, 7) is 0.499. The number of fused-ring (bicyclic) bond motifs is 1. The molecule has 0 radical (unpaired) electrons. The van der Waals surface area contributed by atoms with Gasteiger partial charge in [0.15, 0.2) is 4.34 Å². The van der Waals surface area contributed by atoms with Crippen molar-refractivity contribution in [1.29, 1.82) is 0 Å². The molecular weight excluding hydrogens is 374 g/mol. The van der Waals surface area contributed by atoms with Crippen molar-refractivity contribution in [3.8, 4) is 0 Å². The first kappa shape index (κ1) is 17.7. The van der Waals surface area contributed by atoms with Gasteiger partial charge in [0.2, 0.25) is 0 Å². The molecule has 1 N–H and O–H groups in total. The Hall–Kier alpha value is -2.70. The minimum Gasteiger partial charge on any atom is -0.348 e. The molecule has 2 aromatic heterocycles. The minimum atomic E-state index is -0.112. The van der Waals surface area contributed by atoms with E-state index in [4.69, 9.17) is 0 Å². The number of aromatic nitrogens is 2. The molecule has 0 spiro atoms. The summed E-state index contributed by atoms with van der Waals surface area (Å²) in [5, 5.41) is 2.91. The second-order valence-corrected chi connectivity index (χ2v) is 8.23. The van der Waals surface area contributed by atoms with Gasteiger partial charge in [-0.25, -0.2) is 4.98 Å². The molecular formula is C21H17N3OS2. The minimum absolute atomic E-state index is 0.112.